The Hall–Kier alpha value is -2.49. The molecule has 0 saturated carbocycles. The number of hydrogen-bond donors (Lipinski definition) is 1. The number of anilines is 1. The molecule has 1 aliphatic rings. The molecule has 1 fully saturated rings. The molecule has 23 heavy (non-hydrogen) atoms. The lowest BCUT2D eigenvalue weighted by molar-refractivity contribution is -0.137. The summed E-state index contributed by atoms with van der Waals surface area (Å²) in [5.41, 5.74) is 0.936. The van der Waals surface area contributed by atoms with E-state index in [1.807, 2.05) is 17.0 Å². The van der Waals surface area contributed by atoms with Gasteiger partial charge < -0.3 is 4.90 Å². The minimum atomic E-state index is -4.43. The summed E-state index contributed by atoms with van der Waals surface area (Å²) in [4.78, 5) is 1.98. The molecule has 1 aliphatic heterocycles. The Morgan fingerprint density at radius 3 is 2.52 bits per heavy atom. The number of alkyl halides is 3. The van der Waals surface area contributed by atoms with E-state index in [-0.39, 0.29) is 5.56 Å². The Morgan fingerprint density at radius 1 is 1.22 bits per heavy atom. The van der Waals surface area contributed by atoms with E-state index >= 15 is 0 Å². The Morgan fingerprint density at radius 2 is 1.96 bits per heavy atom. The van der Waals surface area contributed by atoms with Gasteiger partial charge in [0.2, 0.25) is 0 Å². The van der Waals surface area contributed by atoms with E-state index in [2.05, 4.69) is 10.2 Å². The SMILES string of the molecule is N#Cc1cc(C(F)(F)F)ccc1N1CCC(c2ccn[nH]2)CC1. The smallest absolute Gasteiger partial charge is 0.370 e. The quantitative estimate of drug-likeness (QED) is 0.918. The maximum Gasteiger partial charge on any atom is 0.416 e. The van der Waals surface area contributed by atoms with Crippen molar-refractivity contribution >= 4 is 5.69 Å². The normalized spacial score (nSPS) is 16.3. The number of rotatable bonds is 2. The molecule has 1 aromatic carbocycles. The van der Waals surface area contributed by atoms with E-state index in [0.717, 1.165) is 30.7 Å². The molecular weight excluding hydrogens is 305 g/mol. The van der Waals surface area contributed by atoms with E-state index in [4.69, 9.17) is 0 Å². The highest BCUT2D eigenvalue weighted by atomic mass is 19.4. The van der Waals surface area contributed by atoms with E-state index in [1.54, 1.807) is 6.20 Å². The number of halogens is 3. The predicted molar refractivity (Wildman–Crippen MR) is 78.9 cm³/mol. The molecule has 0 aliphatic carbocycles. The maximum absolute atomic E-state index is 12.8. The first kappa shape index (κ1) is 15.4. The number of piperidine rings is 1. The number of aromatic nitrogens is 2. The average molecular weight is 320 g/mol. The number of nitrogens with zero attached hydrogens (tertiary/aromatic N) is 3. The lowest BCUT2D eigenvalue weighted by Gasteiger charge is -2.33. The lowest BCUT2D eigenvalue weighted by atomic mass is 9.93. The van der Waals surface area contributed by atoms with Crippen molar-refractivity contribution in [2.24, 2.45) is 0 Å². The Balaban J connectivity index is 1.77. The molecular formula is C16H15F3N4. The van der Waals surface area contributed by atoms with Crippen molar-refractivity contribution in [3.05, 3.63) is 47.3 Å². The largest absolute Gasteiger partial charge is 0.416 e. The molecule has 0 amide bonds. The van der Waals surface area contributed by atoms with Crippen molar-refractivity contribution in [2.45, 2.75) is 24.9 Å². The molecule has 2 aromatic rings. The maximum atomic E-state index is 12.8. The molecule has 1 aromatic heterocycles. The average Bonchev–Trinajstić information content (AvgIpc) is 3.08. The second-order valence-corrected chi connectivity index (χ2v) is 5.61. The molecule has 0 unspecified atom stereocenters. The molecule has 0 atom stereocenters. The first-order chi connectivity index (χ1) is 11.0. The molecule has 0 bridgehead atoms. The van der Waals surface area contributed by atoms with Crippen LogP contribution in [-0.2, 0) is 6.18 Å². The van der Waals surface area contributed by atoms with E-state index < -0.39 is 11.7 Å². The number of benzene rings is 1. The zero-order valence-electron chi connectivity index (χ0n) is 12.3. The van der Waals surface area contributed by atoms with Crippen LogP contribution < -0.4 is 4.90 Å². The first-order valence-electron chi connectivity index (χ1n) is 7.34. The van der Waals surface area contributed by atoms with Gasteiger partial charge in [-0.15, -0.1) is 0 Å². The van der Waals surface area contributed by atoms with Gasteiger partial charge in [-0.3, -0.25) is 5.10 Å². The highest BCUT2D eigenvalue weighted by molar-refractivity contribution is 5.61. The number of H-pyrrole nitrogens is 1. The van der Waals surface area contributed by atoms with Crippen molar-refractivity contribution < 1.29 is 13.2 Å². The third-order valence-corrected chi connectivity index (χ3v) is 4.24. The van der Waals surface area contributed by atoms with Gasteiger partial charge in [0.05, 0.1) is 16.8 Å². The predicted octanol–water partition coefficient (Wildman–Crippen LogP) is 3.68. The molecule has 3 rings (SSSR count). The monoisotopic (exact) mass is 320 g/mol. The first-order valence-corrected chi connectivity index (χ1v) is 7.34. The zero-order chi connectivity index (χ0) is 16.4. The van der Waals surface area contributed by atoms with Gasteiger partial charge in [-0.05, 0) is 37.1 Å². The van der Waals surface area contributed by atoms with Crippen LogP contribution >= 0.6 is 0 Å². The van der Waals surface area contributed by atoms with E-state index in [9.17, 15) is 18.4 Å². The summed E-state index contributed by atoms with van der Waals surface area (Å²) >= 11 is 0. The van der Waals surface area contributed by atoms with Crippen molar-refractivity contribution in [1.29, 1.82) is 5.26 Å². The lowest BCUT2D eigenvalue weighted by Crippen LogP contribution is -2.33. The summed E-state index contributed by atoms with van der Waals surface area (Å²) in [6.07, 6.45) is -0.981. The Kier molecular flexibility index (Phi) is 3.99. The third-order valence-electron chi connectivity index (χ3n) is 4.24. The fourth-order valence-electron chi connectivity index (χ4n) is 3.00. The topological polar surface area (TPSA) is 55.7 Å². The summed E-state index contributed by atoms with van der Waals surface area (Å²) < 4.78 is 38.3. The molecule has 0 spiro atoms. The van der Waals surface area contributed by atoms with E-state index in [1.165, 1.54) is 6.07 Å². The van der Waals surface area contributed by atoms with Crippen LogP contribution in [-0.4, -0.2) is 23.3 Å². The van der Waals surface area contributed by atoms with Crippen LogP contribution in [0, 0.1) is 11.3 Å². The van der Waals surface area contributed by atoms with Gasteiger partial charge in [0.25, 0.3) is 0 Å². The molecule has 1 N–H and O–H groups in total. The van der Waals surface area contributed by atoms with Gasteiger partial charge in [0.15, 0.2) is 0 Å². The minimum Gasteiger partial charge on any atom is -0.370 e. The third kappa shape index (κ3) is 3.16. The summed E-state index contributed by atoms with van der Waals surface area (Å²) in [7, 11) is 0. The van der Waals surface area contributed by atoms with Crippen LogP contribution in [0.25, 0.3) is 0 Å². The van der Waals surface area contributed by atoms with Crippen molar-refractivity contribution in [3.8, 4) is 6.07 Å². The van der Waals surface area contributed by atoms with Crippen LogP contribution in [0.5, 0.6) is 0 Å². The summed E-state index contributed by atoms with van der Waals surface area (Å²) in [5, 5.41) is 16.1. The molecule has 7 heteroatoms. The minimum absolute atomic E-state index is 0.0693. The Bertz CT molecular complexity index is 708. The van der Waals surface area contributed by atoms with Gasteiger partial charge in [-0.2, -0.15) is 23.5 Å². The van der Waals surface area contributed by atoms with Crippen LogP contribution in [0.15, 0.2) is 30.5 Å². The van der Waals surface area contributed by atoms with Crippen molar-refractivity contribution in [3.63, 3.8) is 0 Å². The summed E-state index contributed by atoms with van der Waals surface area (Å²) in [5.74, 6) is 0.369. The van der Waals surface area contributed by atoms with Crippen LogP contribution in [0.4, 0.5) is 18.9 Å². The Labute approximate surface area is 131 Å². The number of hydrogen-bond acceptors (Lipinski definition) is 3. The van der Waals surface area contributed by atoms with Gasteiger partial charge in [0.1, 0.15) is 6.07 Å². The number of aromatic amines is 1. The van der Waals surface area contributed by atoms with Gasteiger partial charge in [0, 0.05) is 30.9 Å². The van der Waals surface area contributed by atoms with Crippen molar-refractivity contribution in [2.75, 3.05) is 18.0 Å². The molecule has 1 saturated heterocycles. The molecule has 0 radical (unpaired) electrons. The highest BCUT2D eigenvalue weighted by Crippen LogP contribution is 2.35. The van der Waals surface area contributed by atoms with Crippen molar-refractivity contribution in [1.82, 2.24) is 10.2 Å². The standard InChI is InChI=1S/C16H15F3N4/c17-16(18,19)13-1-2-15(12(9-13)10-20)23-7-4-11(5-8-23)14-3-6-21-22-14/h1-3,6,9,11H,4-5,7-8H2,(H,21,22). The number of nitrogens with one attached hydrogen (secondary N) is 1. The summed E-state index contributed by atoms with van der Waals surface area (Å²) in [6.45, 7) is 1.40. The highest BCUT2D eigenvalue weighted by Gasteiger charge is 2.32. The molecule has 120 valence electrons. The molecule has 4 nitrogen and oxygen atoms in total. The van der Waals surface area contributed by atoms with Crippen LogP contribution in [0.1, 0.15) is 35.6 Å². The van der Waals surface area contributed by atoms with Gasteiger partial charge in [-0.25, -0.2) is 0 Å². The van der Waals surface area contributed by atoms with Crippen LogP contribution in [0.2, 0.25) is 0 Å². The second-order valence-electron chi connectivity index (χ2n) is 5.61. The van der Waals surface area contributed by atoms with E-state index in [0.29, 0.717) is 24.7 Å². The second kappa shape index (κ2) is 5.95. The fraction of sp³-hybridized carbons (Fsp3) is 0.375. The number of nitriles is 1. The van der Waals surface area contributed by atoms with Gasteiger partial charge >= 0.3 is 6.18 Å². The van der Waals surface area contributed by atoms with Crippen LogP contribution in [0.3, 0.4) is 0 Å². The fourth-order valence-corrected chi connectivity index (χ4v) is 3.00. The van der Waals surface area contributed by atoms with Gasteiger partial charge in [-0.1, -0.05) is 0 Å². The summed E-state index contributed by atoms with van der Waals surface area (Å²) in [6, 6.07) is 7.20. The molecule has 2 heterocycles. The zero-order valence-corrected chi connectivity index (χ0v) is 12.3.